The second-order valence-corrected chi connectivity index (χ2v) is 6.23. The number of piperazine rings is 1. The summed E-state index contributed by atoms with van der Waals surface area (Å²) in [6, 6.07) is 3.12. The van der Waals surface area contributed by atoms with Crippen molar-refractivity contribution in [3.05, 3.63) is 33.7 Å². The minimum absolute atomic E-state index is 0.287. The first-order chi connectivity index (χ1) is 9.90. The molecule has 2 rings (SSSR count). The Morgan fingerprint density at radius 1 is 1.43 bits per heavy atom. The van der Waals surface area contributed by atoms with Gasteiger partial charge in [-0.1, -0.05) is 5.11 Å². The largest absolute Gasteiger partial charge is 0.369 e. The predicted octanol–water partition coefficient (Wildman–Crippen LogP) is 2.15. The van der Waals surface area contributed by atoms with Crippen LogP contribution in [0.25, 0.3) is 10.4 Å². The van der Waals surface area contributed by atoms with Crippen LogP contribution in [0, 0.1) is 6.92 Å². The lowest BCUT2D eigenvalue weighted by Crippen LogP contribution is -2.43. The first kappa shape index (κ1) is 15.6. The molecule has 0 aliphatic carbocycles. The van der Waals surface area contributed by atoms with Gasteiger partial charge < -0.3 is 10.2 Å². The Balaban J connectivity index is 2.49. The maximum Gasteiger partial charge on any atom is 0.306 e. The molecule has 9 heteroatoms. The van der Waals surface area contributed by atoms with Crippen molar-refractivity contribution in [3.8, 4) is 0 Å². The molecule has 1 fully saturated rings. The van der Waals surface area contributed by atoms with Gasteiger partial charge in [0.2, 0.25) is 0 Å². The Hall–Kier alpha value is -1.83. The minimum atomic E-state index is -4.64. The fourth-order valence-corrected chi connectivity index (χ4v) is 3.09. The van der Waals surface area contributed by atoms with Crippen LogP contribution in [0.15, 0.2) is 17.2 Å². The van der Waals surface area contributed by atoms with Crippen molar-refractivity contribution < 1.29 is 12.3 Å². The Morgan fingerprint density at radius 3 is 2.67 bits per heavy atom. The molecule has 1 aromatic carbocycles. The summed E-state index contributed by atoms with van der Waals surface area (Å²) in [5.74, 6) is -0.716. The SMILES string of the molecule is Cc1c(CS(=O)(=O)F)cc(N=[N+]=[N-])cc1N1CCNCC1. The molecule has 21 heavy (non-hydrogen) atoms. The van der Waals surface area contributed by atoms with E-state index in [-0.39, 0.29) is 5.69 Å². The van der Waals surface area contributed by atoms with E-state index in [0.717, 1.165) is 31.9 Å². The fraction of sp³-hybridized carbons (Fsp3) is 0.500. The third kappa shape index (κ3) is 4.07. The average Bonchev–Trinajstić information content (AvgIpc) is 2.42. The van der Waals surface area contributed by atoms with Crippen LogP contribution < -0.4 is 10.2 Å². The van der Waals surface area contributed by atoms with Crippen LogP contribution in [0.1, 0.15) is 11.1 Å². The van der Waals surface area contributed by atoms with Gasteiger partial charge in [-0.05, 0) is 35.7 Å². The molecule has 0 radical (unpaired) electrons. The summed E-state index contributed by atoms with van der Waals surface area (Å²) >= 11 is 0. The smallest absolute Gasteiger partial charge is 0.306 e. The van der Waals surface area contributed by atoms with Crippen LogP contribution in [-0.2, 0) is 16.0 Å². The first-order valence-corrected chi connectivity index (χ1v) is 8.02. The van der Waals surface area contributed by atoms with Crippen molar-refractivity contribution in [2.45, 2.75) is 12.7 Å². The molecule has 0 unspecified atom stereocenters. The van der Waals surface area contributed by atoms with Crippen molar-refractivity contribution in [3.63, 3.8) is 0 Å². The summed E-state index contributed by atoms with van der Waals surface area (Å²) in [5, 5.41) is 6.73. The molecular formula is C12H16FN5O2S. The highest BCUT2D eigenvalue weighted by Gasteiger charge is 2.18. The molecule has 1 aromatic rings. The predicted molar refractivity (Wildman–Crippen MR) is 78.8 cm³/mol. The molecule has 1 aliphatic rings. The maximum absolute atomic E-state index is 13.0. The highest BCUT2D eigenvalue weighted by atomic mass is 32.3. The van der Waals surface area contributed by atoms with Crippen LogP contribution in [0.4, 0.5) is 15.3 Å². The van der Waals surface area contributed by atoms with Crippen LogP contribution in [0.2, 0.25) is 0 Å². The second kappa shape index (κ2) is 6.30. The number of anilines is 1. The van der Waals surface area contributed by atoms with Crippen LogP contribution in [0.5, 0.6) is 0 Å². The van der Waals surface area contributed by atoms with Gasteiger partial charge in [0.05, 0.1) is 0 Å². The number of azide groups is 1. The van der Waals surface area contributed by atoms with Gasteiger partial charge in [-0.25, -0.2) is 0 Å². The van der Waals surface area contributed by atoms with Gasteiger partial charge in [0.25, 0.3) is 0 Å². The number of rotatable bonds is 4. The molecular weight excluding hydrogens is 297 g/mol. The van der Waals surface area contributed by atoms with Crippen molar-refractivity contribution in [2.75, 3.05) is 31.1 Å². The van der Waals surface area contributed by atoms with Crippen molar-refractivity contribution in [1.82, 2.24) is 5.32 Å². The quantitative estimate of drug-likeness (QED) is 0.398. The molecule has 114 valence electrons. The van der Waals surface area contributed by atoms with E-state index in [2.05, 4.69) is 20.2 Å². The van der Waals surface area contributed by atoms with Crippen LogP contribution >= 0.6 is 0 Å². The molecule has 0 atom stereocenters. The minimum Gasteiger partial charge on any atom is -0.369 e. The van der Waals surface area contributed by atoms with Gasteiger partial charge >= 0.3 is 10.2 Å². The van der Waals surface area contributed by atoms with E-state index in [1.54, 1.807) is 13.0 Å². The van der Waals surface area contributed by atoms with Crippen molar-refractivity contribution in [2.24, 2.45) is 5.11 Å². The molecule has 0 spiro atoms. The highest BCUT2D eigenvalue weighted by Crippen LogP contribution is 2.31. The van der Waals surface area contributed by atoms with E-state index < -0.39 is 16.0 Å². The average molecular weight is 313 g/mol. The zero-order chi connectivity index (χ0) is 15.5. The van der Waals surface area contributed by atoms with E-state index in [1.165, 1.54) is 6.07 Å². The van der Waals surface area contributed by atoms with E-state index in [0.29, 0.717) is 11.1 Å². The molecule has 0 amide bonds. The molecule has 1 N–H and O–H groups in total. The molecule has 0 saturated carbocycles. The first-order valence-electron chi connectivity index (χ1n) is 6.47. The van der Waals surface area contributed by atoms with Gasteiger partial charge in [0, 0.05) is 42.5 Å². The standard InChI is InChI=1S/C12H16FN5O2S/c1-9-10(8-21(13,19)20)6-11(16-17-14)7-12(9)18-4-2-15-3-5-18/h6-7,15H,2-5,8H2,1H3. The molecule has 0 bridgehead atoms. The van der Waals surface area contributed by atoms with Gasteiger partial charge in [-0.2, -0.15) is 8.42 Å². The lowest BCUT2D eigenvalue weighted by atomic mass is 10.1. The maximum atomic E-state index is 13.0. The van der Waals surface area contributed by atoms with Gasteiger partial charge in [-0.3, -0.25) is 0 Å². The number of hydrogen-bond donors (Lipinski definition) is 1. The monoisotopic (exact) mass is 313 g/mol. The second-order valence-electron chi connectivity index (χ2n) is 4.86. The number of nitrogens with zero attached hydrogens (tertiary/aromatic N) is 4. The number of benzene rings is 1. The van der Waals surface area contributed by atoms with Crippen LogP contribution in [-0.4, -0.2) is 34.6 Å². The zero-order valence-electron chi connectivity index (χ0n) is 11.6. The van der Waals surface area contributed by atoms with E-state index in [9.17, 15) is 12.3 Å². The topological polar surface area (TPSA) is 98.2 Å². The summed E-state index contributed by atoms with van der Waals surface area (Å²) < 4.78 is 34.8. The molecule has 1 heterocycles. The Bertz CT molecular complexity index is 679. The number of halogens is 1. The molecule has 1 saturated heterocycles. The number of nitrogens with one attached hydrogen (secondary N) is 1. The summed E-state index contributed by atoms with van der Waals surface area (Å²) in [6.45, 7) is 4.87. The Labute approximate surface area is 122 Å². The fourth-order valence-electron chi connectivity index (χ4n) is 2.42. The molecule has 1 aliphatic heterocycles. The van der Waals surface area contributed by atoms with E-state index in [1.807, 2.05) is 0 Å². The lowest BCUT2D eigenvalue weighted by molar-refractivity contribution is 0.551. The summed E-state index contributed by atoms with van der Waals surface area (Å²) in [5.41, 5.74) is 10.6. The number of hydrogen-bond acceptors (Lipinski definition) is 5. The van der Waals surface area contributed by atoms with Gasteiger partial charge in [-0.15, -0.1) is 3.89 Å². The van der Waals surface area contributed by atoms with Crippen molar-refractivity contribution >= 4 is 21.6 Å². The molecule has 7 nitrogen and oxygen atoms in total. The summed E-state index contributed by atoms with van der Waals surface area (Å²) in [6.07, 6.45) is 0. The van der Waals surface area contributed by atoms with Crippen LogP contribution in [0.3, 0.4) is 0 Å². The lowest BCUT2D eigenvalue weighted by Gasteiger charge is -2.31. The van der Waals surface area contributed by atoms with E-state index >= 15 is 0 Å². The zero-order valence-corrected chi connectivity index (χ0v) is 12.4. The Kier molecular flexibility index (Phi) is 4.66. The third-order valence-electron chi connectivity index (χ3n) is 3.42. The van der Waals surface area contributed by atoms with Crippen molar-refractivity contribution in [1.29, 1.82) is 0 Å². The van der Waals surface area contributed by atoms with Gasteiger partial charge in [0.1, 0.15) is 5.75 Å². The third-order valence-corrected chi connectivity index (χ3v) is 4.07. The normalized spacial score (nSPS) is 15.6. The van der Waals surface area contributed by atoms with Gasteiger partial charge in [0.15, 0.2) is 0 Å². The van der Waals surface area contributed by atoms with E-state index in [4.69, 9.17) is 5.53 Å². The Morgan fingerprint density at radius 2 is 2.10 bits per heavy atom. The summed E-state index contributed by atoms with van der Waals surface area (Å²) in [4.78, 5) is 4.78. The molecule has 0 aromatic heterocycles. The summed E-state index contributed by atoms with van der Waals surface area (Å²) in [7, 11) is -4.64. The highest BCUT2D eigenvalue weighted by molar-refractivity contribution is 7.85.